The van der Waals surface area contributed by atoms with Gasteiger partial charge in [-0.15, -0.1) is 0 Å². The molecule has 37 heavy (non-hydrogen) atoms. The van der Waals surface area contributed by atoms with Crippen molar-refractivity contribution in [2.45, 2.75) is 30.7 Å². The molecule has 14 nitrogen and oxygen atoms in total. The molecule has 0 saturated carbocycles. The lowest BCUT2D eigenvalue weighted by Gasteiger charge is -2.38. The number of ether oxygens (including phenoxy) is 4. The van der Waals surface area contributed by atoms with Crippen LogP contribution in [0.3, 0.4) is 0 Å². The summed E-state index contributed by atoms with van der Waals surface area (Å²) in [6, 6.07) is 4.95. The van der Waals surface area contributed by atoms with E-state index in [0.717, 1.165) is 12.1 Å². The standard InChI is InChI=1S/C23H22O14/c1-33-9-4-3-7(5-8(9)24)19-20(36-23-18(30)16(28)17(29)21(37-23)22(31)32)15(27)12-10(35-19)6-11(34-2)13(25)14(12)26/h3-6,16-18,21,23-26,28-30H,1-2H3,(H,31,32)/t16-,17-,18+,21-,23+/m0/s1. The number of aliphatic hydroxyl groups excluding tert-OH is 3. The molecule has 0 radical (unpaired) electrons. The highest BCUT2D eigenvalue weighted by atomic mass is 16.7. The molecule has 3 aromatic rings. The maximum Gasteiger partial charge on any atom is 0.335 e. The first-order chi connectivity index (χ1) is 17.5. The third-order valence-corrected chi connectivity index (χ3v) is 5.76. The van der Waals surface area contributed by atoms with Crippen molar-refractivity contribution in [3.05, 3.63) is 34.5 Å². The summed E-state index contributed by atoms with van der Waals surface area (Å²) in [6.07, 6.45) is -10.1. The zero-order valence-corrected chi connectivity index (χ0v) is 19.2. The number of hydrogen-bond donors (Lipinski definition) is 7. The Morgan fingerprint density at radius 2 is 1.59 bits per heavy atom. The van der Waals surface area contributed by atoms with E-state index in [4.69, 9.17) is 23.4 Å². The Hall–Kier alpha value is -4.24. The van der Waals surface area contributed by atoms with Crippen molar-refractivity contribution in [3.8, 4) is 45.8 Å². The number of rotatable bonds is 6. The predicted octanol–water partition coefficient (Wildman–Crippen LogP) is -0.135. The molecule has 198 valence electrons. The Labute approximate surface area is 206 Å². The van der Waals surface area contributed by atoms with Gasteiger partial charge in [-0.05, 0) is 18.2 Å². The van der Waals surface area contributed by atoms with E-state index in [0.29, 0.717) is 0 Å². The van der Waals surface area contributed by atoms with E-state index in [1.54, 1.807) is 0 Å². The van der Waals surface area contributed by atoms with Crippen LogP contribution in [0.2, 0.25) is 0 Å². The minimum absolute atomic E-state index is 0.0273. The van der Waals surface area contributed by atoms with Gasteiger partial charge in [0.05, 0.1) is 14.2 Å². The summed E-state index contributed by atoms with van der Waals surface area (Å²) in [5, 5.41) is 70.0. The number of carboxylic acid groups (broad SMARTS) is 1. The summed E-state index contributed by atoms with van der Waals surface area (Å²) in [7, 11) is 2.50. The molecule has 2 heterocycles. The smallest absolute Gasteiger partial charge is 0.335 e. The van der Waals surface area contributed by atoms with Crippen molar-refractivity contribution in [3.63, 3.8) is 0 Å². The second-order valence-corrected chi connectivity index (χ2v) is 7.98. The number of benzene rings is 2. The molecule has 2 aromatic carbocycles. The molecule has 0 bridgehead atoms. The molecule has 1 aromatic heterocycles. The van der Waals surface area contributed by atoms with Gasteiger partial charge in [0.1, 0.15) is 29.3 Å². The van der Waals surface area contributed by atoms with Crippen molar-refractivity contribution in [2.75, 3.05) is 14.2 Å². The van der Waals surface area contributed by atoms with Gasteiger partial charge in [0.15, 0.2) is 34.9 Å². The molecule has 1 saturated heterocycles. The topological polar surface area (TPSA) is 226 Å². The van der Waals surface area contributed by atoms with Crippen LogP contribution in [0.25, 0.3) is 22.3 Å². The summed E-state index contributed by atoms with van der Waals surface area (Å²) in [5.74, 6) is -5.07. The summed E-state index contributed by atoms with van der Waals surface area (Å²) in [6.45, 7) is 0. The number of carbonyl (C=O) groups is 1. The number of aliphatic hydroxyl groups is 3. The van der Waals surface area contributed by atoms with Gasteiger partial charge in [-0.3, -0.25) is 4.79 Å². The molecule has 0 amide bonds. The number of phenolic OH excluding ortho intramolecular Hbond substituents is 3. The van der Waals surface area contributed by atoms with Gasteiger partial charge < -0.3 is 59.1 Å². The van der Waals surface area contributed by atoms with E-state index in [1.807, 2.05) is 0 Å². The Morgan fingerprint density at radius 1 is 0.919 bits per heavy atom. The largest absolute Gasteiger partial charge is 0.504 e. The van der Waals surface area contributed by atoms with Crippen LogP contribution in [0.15, 0.2) is 33.5 Å². The highest BCUT2D eigenvalue weighted by Crippen LogP contribution is 2.44. The van der Waals surface area contributed by atoms with Gasteiger partial charge in [0.2, 0.25) is 23.2 Å². The van der Waals surface area contributed by atoms with Gasteiger partial charge in [0.25, 0.3) is 0 Å². The number of phenols is 3. The number of carboxylic acids is 1. The molecule has 1 aliphatic rings. The summed E-state index contributed by atoms with van der Waals surface area (Å²) in [4.78, 5) is 25.0. The maximum absolute atomic E-state index is 13.5. The van der Waals surface area contributed by atoms with E-state index in [2.05, 4.69) is 0 Å². The van der Waals surface area contributed by atoms with Crippen molar-refractivity contribution in [1.29, 1.82) is 0 Å². The van der Waals surface area contributed by atoms with Gasteiger partial charge in [-0.1, -0.05) is 0 Å². The Kier molecular flexibility index (Phi) is 6.75. The van der Waals surface area contributed by atoms with Crippen molar-refractivity contribution in [1.82, 2.24) is 0 Å². The third kappa shape index (κ3) is 4.31. The third-order valence-electron chi connectivity index (χ3n) is 5.76. The SMILES string of the molecule is COc1ccc(-c2oc3cc(OC)c(O)c(O)c3c(=O)c2O[C@@H]2O[C@H](C(=O)O)[C@@H](O)[C@H](O)[C@H]2O)cc1O. The van der Waals surface area contributed by atoms with E-state index >= 15 is 0 Å². The van der Waals surface area contributed by atoms with E-state index in [9.17, 15) is 45.3 Å². The summed E-state index contributed by atoms with van der Waals surface area (Å²) < 4.78 is 26.3. The maximum atomic E-state index is 13.5. The highest BCUT2D eigenvalue weighted by Gasteiger charge is 2.48. The highest BCUT2D eigenvalue weighted by molar-refractivity contribution is 5.91. The Morgan fingerprint density at radius 3 is 2.19 bits per heavy atom. The molecule has 1 fully saturated rings. The second kappa shape index (κ2) is 9.67. The number of methoxy groups -OCH3 is 2. The van der Waals surface area contributed by atoms with E-state index in [-0.39, 0.29) is 34.2 Å². The fraction of sp³-hybridized carbons (Fsp3) is 0.304. The van der Waals surface area contributed by atoms with Crippen LogP contribution < -0.4 is 19.6 Å². The lowest BCUT2D eigenvalue weighted by molar-refractivity contribution is -0.271. The molecular weight excluding hydrogens is 500 g/mol. The molecule has 0 spiro atoms. The molecule has 1 aliphatic heterocycles. The lowest BCUT2D eigenvalue weighted by Crippen LogP contribution is -2.61. The van der Waals surface area contributed by atoms with Crippen LogP contribution in [0.4, 0.5) is 0 Å². The second-order valence-electron chi connectivity index (χ2n) is 7.98. The average molecular weight is 522 g/mol. The van der Waals surface area contributed by atoms with Gasteiger partial charge in [0, 0.05) is 11.6 Å². The molecule has 7 N–H and O–H groups in total. The number of fused-ring (bicyclic) bond motifs is 1. The summed E-state index contributed by atoms with van der Waals surface area (Å²) >= 11 is 0. The molecule has 4 rings (SSSR count). The zero-order chi connectivity index (χ0) is 27.2. The number of aliphatic carboxylic acids is 1. The van der Waals surface area contributed by atoms with Crippen LogP contribution in [0.5, 0.6) is 34.5 Å². The van der Waals surface area contributed by atoms with Gasteiger partial charge >= 0.3 is 5.97 Å². The lowest BCUT2D eigenvalue weighted by atomic mass is 9.99. The Bertz CT molecular complexity index is 1410. The quantitative estimate of drug-likeness (QED) is 0.209. The first kappa shape index (κ1) is 25.8. The molecule has 5 atom stereocenters. The minimum Gasteiger partial charge on any atom is -0.504 e. The Balaban J connectivity index is 1.95. The normalized spacial score (nSPS) is 23.5. The number of hydrogen-bond acceptors (Lipinski definition) is 13. The molecule has 14 heteroatoms. The van der Waals surface area contributed by atoms with Crippen LogP contribution in [0, 0.1) is 0 Å². The van der Waals surface area contributed by atoms with Crippen LogP contribution in [-0.4, -0.2) is 86.6 Å². The fourth-order valence-corrected chi connectivity index (χ4v) is 3.83. The van der Waals surface area contributed by atoms with Crippen LogP contribution >= 0.6 is 0 Å². The molecule has 0 unspecified atom stereocenters. The number of aromatic hydroxyl groups is 3. The minimum atomic E-state index is -2.04. The van der Waals surface area contributed by atoms with Gasteiger partial charge in [-0.25, -0.2) is 4.79 Å². The predicted molar refractivity (Wildman–Crippen MR) is 121 cm³/mol. The monoisotopic (exact) mass is 522 g/mol. The molecular formula is C23H22O14. The van der Waals surface area contributed by atoms with Gasteiger partial charge in [-0.2, -0.15) is 0 Å². The zero-order valence-electron chi connectivity index (χ0n) is 19.2. The van der Waals surface area contributed by atoms with Crippen molar-refractivity contribution < 1.29 is 63.9 Å². The first-order valence-corrected chi connectivity index (χ1v) is 10.6. The average Bonchev–Trinajstić information content (AvgIpc) is 2.87. The summed E-state index contributed by atoms with van der Waals surface area (Å²) in [5.41, 5.74) is -1.36. The first-order valence-electron chi connectivity index (χ1n) is 10.6. The van der Waals surface area contributed by atoms with Crippen molar-refractivity contribution in [2.24, 2.45) is 0 Å². The van der Waals surface area contributed by atoms with E-state index < -0.39 is 64.7 Å². The van der Waals surface area contributed by atoms with Crippen LogP contribution in [0.1, 0.15) is 0 Å². The van der Waals surface area contributed by atoms with Crippen LogP contribution in [-0.2, 0) is 9.53 Å². The van der Waals surface area contributed by atoms with Crippen molar-refractivity contribution >= 4 is 16.9 Å². The fourth-order valence-electron chi connectivity index (χ4n) is 3.83. The molecule has 0 aliphatic carbocycles. The van der Waals surface area contributed by atoms with E-state index in [1.165, 1.54) is 26.4 Å².